The first kappa shape index (κ1) is 15.1. The molecule has 3 nitrogen and oxygen atoms in total. The largest absolute Gasteiger partial charge is 0.497 e. The van der Waals surface area contributed by atoms with Crippen molar-refractivity contribution in [2.24, 2.45) is 0 Å². The first-order valence-electron chi connectivity index (χ1n) is 7.89. The molecule has 4 rings (SSSR count). The Morgan fingerprint density at radius 3 is 2.67 bits per heavy atom. The molecule has 5 heteroatoms. The molecule has 2 aromatic carbocycles. The van der Waals surface area contributed by atoms with Crippen molar-refractivity contribution in [3.8, 4) is 5.75 Å². The number of thiocarbonyl (C=S) groups is 1. The molecule has 1 aliphatic carbocycles. The van der Waals surface area contributed by atoms with Crippen LogP contribution in [0.4, 0.5) is 4.39 Å². The number of halogens is 1. The summed E-state index contributed by atoms with van der Waals surface area (Å²) in [5.74, 6) is 0.593. The number of hydrogen-bond acceptors (Lipinski definition) is 2. The molecule has 0 unspecified atom stereocenters. The Kier molecular flexibility index (Phi) is 3.73. The van der Waals surface area contributed by atoms with Gasteiger partial charge in [0.15, 0.2) is 5.11 Å². The van der Waals surface area contributed by atoms with E-state index in [-0.39, 0.29) is 11.9 Å². The molecule has 2 aromatic rings. The molecular weight excluding hydrogens is 323 g/mol. The van der Waals surface area contributed by atoms with Gasteiger partial charge in [0.2, 0.25) is 0 Å². The number of aryl methyl sites for hydroxylation is 1. The lowest BCUT2D eigenvalue weighted by atomic mass is 9.83. The van der Waals surface area contributed by atoms with E-state index >= 15 is 0 Å². The van der Waals surface area contributed by atoms with Gasteiger partial charge in [0, 0.05) is 11.3 Å². The lowest BCUT2D eigenvalue weighted by Gasteiger charge is -2.36. The Labute approximate surface area is 145 Å². The third-order valence-electron chi connectivity index (χ3n) is 4.64. The molecule has 2 aliphatic rings. The van der Waals surface area contributed by atoms with E-state index in [0.717, 1.165) is 35.4 Å². The average molecular weight is 340 g/mol. The first-order valence-corrected chi connectivity index (χ1v) is 8.30. The van der Waals surface area contributed by atoms with Crippen LogP contribution in [0.25, 0.3) is 5.70 Å². The minimum atomic E-state index is -0.233. The van der Waals surface area contributed by atoms with Crippen molar-refractivity contribution >= 4 is 23.0 Å². The van der Waals surface area contributed by atoms with Crippen LogP contribution in [0.1, 0.15) is 29.2 Å². The van der Waals surface area contributed by atoms with E-state index in [0.29, 0.717) is 5.11 Å². The number of nitrogens with one attached hydrogen (secondary N) is 2. The summed E-state index contributed by atoms with van der Waals surface area (Å²) in [6, 6.07) is 12.7. The van der Waals surface area contributed by atoms with Crippen LogP contribution in [0.15, 0.2) is 48.0 Å². The molecule has 0 aromatic heterocycles. The van der Waals surface area contributed by atoms with Crippen LogP contribution in [0.2, 0.25) is 0 Å². The third kappa shape index (κ3) is 2.55. The number of hydrogen-bond donors (Lipinski definition) is 2. The van der Waals surface area contributed by atoms with Crippen LogP contribution in [-0.4, -0.2) is 12.2 Å². The highest BCUT2D eigenvalue weighted by molar-refractivity contribution is 7.80. The predicted molar refractivity (Wildman–Crippen MR) is 96.2 cm³/mol. The Morgan fingerprint density at radius 1 is 1.12 bits per heavy atom. The highest BCUT2D eigenvalue weighted by Gasteiger charge is 2.30. The van der Waals surface area contributed by atoms with Gasteiger partial charge in [0.1, 0.15) is 11.6 Å². The van der Waals surface area contributed by atoms with Gasteiger partial charge in [-0.3, -0.25) is 0 Å². The minimum Gasteiger partial charge on any atom is -0.497 e. The summed E-state index contributed by atoms with van der Waals surface area (Å²) >= 11 is 5.41. The van der Waals surface area contributed by atoms with Crippen LogP contribution in [0, 0.1) is 5.82 Å². The maximum absolute atomic E-state index is 13.3. The maximum Gasteiger partial charge on any atom is 0.171 e. The fraction of sp³-hybridized carbons (Fsp3) is 0.211. The topological polar surface area (TPSA) is 33.3 Å². The molecule has 2 N–H and O–H groups in total. The summed E-state index contributed by atoms with van der Waals surface area (Å²) < 4.78 is 18.6. The van der Waals surface area contributed by atoms with E-state index in [9.17, 15) is 4.39 Å². The van der Waals surface area contributed by atoms with Crippen molar-refractivity contribution in [3.05, 3.63) is 70.5 Å². The lowest BCUT2D eigenvalue weighted by molar-refractivity contribution is 0.414. The quantitative estimate of drug-likeness (QED) is 0.817. The summed E-state index contributed by atoms with van der Waals surface area (Å²) in [6.45, 7) is 0. The molecule has 24 heavy (non-hydrogen) atoms. The zero-order valence-corrected chi connectivity index (χ0v) is 14.0. The second kappa shape index (κ2) is 5.91. The highest BCUT2D eigenvalue weighted by atomic mass is 32.1. The van der Waals surface area contributed by atoms with Crippen LogP contribution < -0.4 is 15.4 Å². The van der Waals surface area contributed by atoms with Gasteiger partial charge in [0.25, 0.3) is 0 Å². The summed E-state index contributed by atoms with van der Waals surface area (Å²) in [5.41, 5.74) is 5.72. The van der Waals surface area contributed by atoms with E-state index in [1.165, 1.54) is 23.3 Å². The summed E-state index contributed by atoms with van der Waals surface area (Å²) in [7, 11) is 1.67. The van der Waals surface area contributed by atoms with E-state index in [1.807, 2.05) is 24.3 Å². The predicted octanol–water partition coefficient (Wildman–Crippen LogP) is 3.71. The molecule has 1 aliphatic heterocycles. The molecule has 0 radical (unpaired) electrons. The summed E-state index contributed by atoms with van der Waals surface area (Å²) in [5, 5.41) is 7.21. The molecule has 0 saturated carbocycles. The SMILES string of the molecule is COc1ccc2c(c1)C1=C(CC2)[C@@H](c2ccc(F)cc2)NC(=S)N1. The molecule has 1 atom stereocenters. The van der Waals surface area contributed by atoms with Crippen LogP contribution in [0.3, 0.4) is 0 Å². The van der Waals surface area contributed by atoms with Crippen molar-refractivity contribution in [3.63, 3.8) is 0 Å². The van der Waals surface area contributed by atoms with E-state index < -0.39 is 0 Å². The van der Waals surface area contributed by atoms with Crippen molar-refractivity contribution in [1.29, 1.82) is 0 Å². The van der Waals surface area contributed by atoms with E-state index in [1.54, 1.807) is 7.11 Å². The fourth-order valence-corrected chi connectivity index (χ4v) is 3.66. The van der Waals surface area contributed by atoms with Crippen LogP contribution >= 0.6 is 12.2 Å². The number of ether oxygens (including phenoxy) is 1. The minimum absolute atomic E-state index is 0.0336. The monoisotopic (exact) mass is 340 g/mol. The molecule has 0 fully saturated rings. The highest BCUT2D eigenvalue weighted by Crippen LogP contribution is 2.39. The van der Waals surface area contributed by atoms with Gasteiger partial charge in [-0.1, -0.05) is 18.2 Å². The number of rotatable bonds is 2. The van der Waals surface area contributed by atoms with Crippen molar-refractivity contribution in [2.45, 2.75) is 18.9 Å². The standard InChI is InChI=1S/C19H17FN2OS/c1-23-14-8-4-11-5-9-15-17(12-2-6-13(20)7-3-12)21-19(24)22-18(15)16(11)10-14/h2-4,6-8,10,17H,5,9H2,1H3,(H2,21,22,24)/t17-/m1/s1. The Balaban J connectivity index is 1.83. The Bertz CT molecular complexity index is 845. The first-order chi connectivity index (χ1) is 11.7. The normalized spacial score (nSPS) is 19.1. The fourth-order valence-electron chi connectivity index (χ4n) is 3.44. The number of benzene rings is 2. The number of fused-ring (bicyclic) bond motifs is 2. The van der Waals surface area contributed by atoms with Crippen LogP contribution in [0.5, 0.6) is 5.75 Å². The van der Waals surface area contributed by atoms with Gasteiger partial charge in [-0.15, -0.1) is 0 Å². The van der Waals surface area contributed by atoms with Gasteiger partial charge in [-0.05, 0) is 66.0 Å². The average Bonchev–Trinajstić information content (AvgIpc) is 2.61. The maximum atomic E-state index is 13.3. The zero-order valence-electron chi connectivity index (χ0n) is 13.2. The molecule has 0 spiro atoms. The molecule has 0 saturated heterocycles. The molecule has 0 amide bonds. The lowest BCUT2D eigenvalue weighted by Crippen LogP contribution is -2.44. The number of methoxy groups -OCH3 is 1. The Hall–Kier alpha value is -2.40. The molecule has 122 valence electrons. The van der Waals surface area contributed by atoms with Gasteiger partial charge in [-0.2, -0.15) is 0 Å². The zero-order chi connectivity index (χ0) is 16.7. The second-order valence-electron chi connectivity index (χ2n) is 6.01. The molecular formula is C19H17FN2OS. The summed E-state index contributed by atoms with van der Waals surface area (Å²) in [6.07, 6.45) is 1.89. The second-order valence-corrected chi connectivity index (χ2v) is 6.41. The van der Waals surface area contributed by atoms with Crippen LogP contribution in [-0.2, 0) is 6.42 Å². The van der Waals surface area contributed by atoms with Gasteiger partial charge in [0.05, 0.1) is 13.2 Å². The molecule has 0 bridgehead atoms. The van der Waals surface area contributed by atoms with Crippen molar-refractivity contribution in [2.75, 3.05) is 7.11 Å². The molecule has 1 heterocycles. The smallest absolute Gasteiger partial charge is 0.171 e. The third-order valence-corrected chi connectivity index (χ3v) is 4.86. The van der Waals surface area contributed by atoms with E-state index in [4.69, 9.17) is 17.0 Å². The van der Waals surface area contributed by atoms with E-state index in [2.05, 4.69) is 16.7 Å². The van der Waals surface area contributed by atoms with Gasteiger partial charge < -0.3 is 15.4 Å². The van der Waals surface area contributed by atoms with Crippen molar-refractivity contribution in [1.82, 2.24) is 10.6 Å². The van der Waals surface area contributed by atoms with Gasteiger partial charge in [-0.25, -0.2) is 4.39 Å². The van der Waals surface area contributed by atoms with Crippen molar-refractivity contribution < 1.29 is 9.13 Å². The Morgan fingerprint density at radius 2 is 1.92 bits per heavy atom. The van der Waals surface area contributed by atoms with Gasteiger partial charge >= 0.3 is 0 Å². The summed E-state index contributed by atoms with van der Waals surface area (Å²) in [4.78, 5) is 0.